The van der Waals surface area contributed by atoms with Gasteiger partial charge in [0.25, 0.3) is 0 Å². The van der Waals surface area contributed by atoms with Gasteiger partial charge in [-0.05, 0) is 47.2 Å². The molecule has 2 heterocycles. The molecular formula is C17H33N5O3S. The first-order chi connectivity index (χ1) is 12.2. The Bertz CT molecular complexity index is 645. The van der Waals surface area contributed by atoms with Crippen LogP contribution in [0, 0.1) is 0 Å². The third-order valence-corrected chi connectivity index (χ3v) is 6.51. The van der Waals surface area contributed by atoms with Gasteiger partial charge < -0.3 is 10.1 Å². The molecule has 8 nitrogen and oxygen atoms in total. The summed E-state index contributed by atoms with van der Waals surface area (Å²) in [5.41, 5.74) is 0.694. The van der Waals surface area contributed by atoms with Crippen molar-refractivity contribution in [2.75, 3.05) is 44.8 Å². The van der Waals surface area contributed by atoms with E-state index >= 15 is 0 Å². The standard InChI is InChI=1S/C17H33N5O3S/c1-15(5-7-18-4)25-10-6-17(2,3)22-14-16(19-20-22)13-21-8-11-26(23,24)12-9-21/h14-15,18H,5-13H2,1-4H3. The van der Waals surface area contributed by atoms with Crippen molar-refractivity contribution in [3.05, 3.63) is 11.9 Å². The fourth-order valence-corrected chi connectivity index (χ4v) is 4.14. The highest BCUT2D eigenvalue weighted by Crippen LogP contribution is 2.20. The molecule has 0 amide bonds. The van der Waals surface area contributed by atoms with Gasteiger partial charge in [-0.15, -0.1) is 5.10 Å². The molecule has 0 aromatic carbocycles. The number of ether oxygens (including phenoxy) is 1. The highest BCUT2D eigenvalue weighted by atomic mass is 32.2. The fourth-order valence-electron chi connectivity index (χ4n) is 2.86. The second kappa shape index (κ2) is 9.25. The summed E-state index contributed by atoms with van der Waals surface area (Å²) in [6.07, 6.45) is 4.05. The van der Waals surface area contributed by atoms with Gasteiger partial charge in [-0.2, -0.15) is 0 Å². The molecule has 1 atom stereocenters. The minimum absolute atomic E-state index is 0.181. The molecule has 1 aliphatic heterocycles. The summed E-state index contributed by atoms with van der Waals surface area (Å²) in [6.45, 7) is 9.75. The molecule has 1 saturated heterocycles. The second-order valence-corrected chi connectivity index (χ2v) is 10.0. The van der Waals surface area contributed by atoms with Crippen LogP contribution in [0.5, 0.6) is 0 Å². The number of rotatable bonds is 10. The van der Waals surface area contributed by atoms with Gasteiger partial charge in [0.15, 0.2) is 9.84 Å². The zero-order chi connectivity index (χ0) is 19.2. The zero-order valence-electron chi connectivity index (χ0n) is 16.4. The molecule has 9 heteroatoms. The molecule has 1 aromatic rings. The van der Waals surface area contributed by atoms with E-state index in [1.165, 1.54) is 0 Å². The van der Waals surface area contributed by atoms with Gasteiger partial charge in [0.1, 0.15) is 0 Å². The normalized spacial score (nSPS) is 19.5. The highest BCUT2D eigenvalue weighted by Gasteiger charge is 2.25. The van der Waals surface area contributed by atoms with Crippen LogP contribution < -0.4 is 5.32 Å². The van der Waals surface area contributed by atoms with Crippen molar-refractivity contribution in [2.24, 2.45) is 0 Å². The van der Waals surface area contributed by atoms with Crippen LogP contribution >= 0.6 is 0 Å². The van der Waals surface area contributed by atoms with Crippen molar-refractivity contribution in [3.63, 3.8) is 0 Å². The molecule has 1 aromatic heterocycles. The Balaban J connectivity index is 1.81. The second-order valence-electron chi connectivity index (χ2n) is 7.72. The predicted molar refractivity (Wildman–Crippen MR) is 102 cm³/mol. The maximum atomic E-state index is 11.5. The number of hydrogen-bond donors (Lipinski definition) is 1. The van der Waals surface area contributed by atoms with E-state index in [-0.39, 0.29) is 23.1 Å². The monoisotopic (exact) mass is 387 g/mol. The van der Waals surface area contributed by atoms with Crippen molar-refractivity contribution in [3.8, 4) is 0 Å². The van der Waals surface area contributed by atoms with Crippen LogP contribution in [0.3, 0.4) is 0 Å². The van der Waals surface area contributed by atoms with Gasteiger partial charge in [-0.25, -0.2) is 13.1 Å². The first kappa shape index (κ1) is 21.3. The van der Waals surface area contributed by atoms with E-state index in [4.69, 9.17) is 4.74 Å². The van der Waals surface area contributed by atoms with E-state index in [0.717, 1.165) is 25.1 Å². The van der Waals surface area contributed by atoms with Crippen molar-refractivity contribution >= 4 is 9.84 Å². The van der Waals surface area contributed by atoms with Gasteiger partial charge in [0, 0.05) is 26.2 Å². The Morgan fingerprint density at radius 1 is 1.35 bits per heavy atom. The Hall–Kier alpha value is -1.03. The van der Waals surface area contributed by atoms with Crippen LogP contribution in [-0.2, 0) is 26.7 Å². The van der Waals surface area contributed by atoms with E-state index < -0.39 is 9.84 Å². The minimum atomic E-state index is -2.85. The minimum Gasteiger partial charge on any atom is -0.378 e. The quantitative estimate of drug-likeness (QED) is 0.630. The van der Waals surface area contributed by atoms with Crippen LogP contribution in [0.1, 0.15) is 39.3 Å². The predicted octanol–water partition coefficient (Wildman–Crippen LogP) is 0.648. The maximum absolute atomic E-state index is 11.5. The van der Waals surface area contributed by atoms with Crippen molar-refractivity contribution in [1.29, 1.82) is 0 Å². The molecule has 0 radical (unpaired) electrons. The molecule has 1 fully saturated rings. The van der Waals surface area contributed by atoms with Crippen LogP contribution in [-0.4, -0.2) is 79.2 Å². The third kappa shape index (κ3) is 6.61. The molecular weight excluding hydrogens is 354 g/mol. The molecule has 26 heavy (non-hydrogen) atoms. The van der Waals surface area contributed by atoms with Gasteiger partial charge in [0.05, 0.1) is 35.0 Å². The number of nitrogens with one attached hydrogen (secondary N) is 1. The zero-order valence-corrected chi connectivity index (χ0v) is 17.3. The van der Waals surface area contributed by atoms with E-state index in [2.05, 4.69) is 41.3 Å². The number of hydrogen-bond acceptors (Lipinski definition) is 7. The van der Waals surface area contributed by atoms with Crippen molar-refractivity contribution in [2.45, 2.75) is 51.8 Å². The van der Waals surface area contributed by atoms with Crippen molar-refractivity contribution < 1.29 is 13.2 Å². The molecule has 150 valence electrons. The summed E-state index contributed by atoms with van der Waals surface area (Å²) in [5.74, 6) is 0.464. The molecule has 2 rings (SSSR count). The largest absolute Gasteiger partial charge is 0.378 e. The summed E-state index contributed by atoms with van der Waals surface area (Å²) < 4.78 is 30.8. The van der Waals surface area contributed by atoms with Crippen LogP contribution in [0.25, 0.3) is 0 Å². The lowest BCUT2D eigenvalue weighted by Crippen LogP contribution is -2.39. The fraction of sp³-hybridized carbons (Fsp3) is 0.882. The summed E-state index contributed by atoms with van der Waals surface area (Å²) in [5, 5.41) is 11.7. The molecule has 0 spiro atoms. The lowest BCUT2D eigenvalue weighted by atomic mass is 10.0. The number of nitrogens with zero attached hydrogens (tertiary/aromatic N) is 4. The van der Waals surface area contributed by atoms with Gasteiger partial charge in [0.2, 0.25) is 0 Å². The Morgan fingerprint density at radius 3 is 2.69 bits per heavy atom. The molecule has 1 N–H and O–H groups in total. The smallest absolute Gasteiger partial charge is 0.152 e. The summed E-state index contributed by atoms with van der Waals surface area (Å²) in [6, 6.07) is 0. The topological polar surface area (TPSA) is 89.4 Å². The van der Waals surface area contributed by atoms with E-state index in [9.17, 15) is 8.42 Å². The van der Waals surface area contributed by atoms with Crippen LogP contribution in [0.2, 0.25) is 0 Å². The number of aromatic nitrogens is 3. The third-order valence-electron chi connectivity index (χ3n) is 4.90. The van der Waals surface area contributed by atoms with Gasteiger partial charge in [-0.1, -0.05) is 5.21 Å². The average molecular weight is 388 g/mol. The van der Waals surface area contributed by atoms with E-state index in [1.807, 2.05) is 17.9 Å². The van der Waals surface area contributed by atoms with Crippen LogP contribution in [0.4, 0.5) is 0 Å². The summed E-state index contributed by atoms with van der Waals surface area (Å²) in [7, 11) is -0.905. The Labute approximate surface area is 157 Å². The van der Waals surface area contributed by atoms with E-state index in [1.54, 1.807) is 0 Å². The SMILES string of the molecule is CNCCC(C)OCCC(C)(C)n1cc(CN2CCS(=O)(=O)CC2)nn1. The molecule has 0 saturated carbocycles. The Kier molecular flexibility index (Phi) is 7.57. The summed E-state index contributed by atoms with van der Waals surface area (Å²) in [4.78, 5) is 2.12. The Morgan fingerprint density at radius 2 is 2.04 bits per heavy atom. The number of sulfone groups is 1. The van der Waals surface area contributed by atoms with Gasteiger partial charge in [-0.3, -0.25) is 4.90 Å². The molecule has 1 aliphatic rings. The van der Waals surface area contributed by atoms with E-state index in [0.29, 0.717) is 26.2 Å². The molecule has 0 aliphatic carbocycles. The first-order valence-corrected chi connectivity index (χ1v) is 11.1. The lowest BCUT2D eigenvalue weighted by Gasteiger charge is -2.26. The highest BCUT2D eigenvalue weighted by molar-refractivity contribution is 7.91. The van der Waals surface area contributed by atoms with Crippen molar-refractivity contribution in [1.82, 2.24) is 25.2 Å². The molecule has 0 bridgehead atoms. The average Bonchev–Trinajstić information content (AvgIpc) is 3.04. The van der Waals surface area contributed by atoms with Crippen LogP contribution in [0.15, 0.2) is 6.20 Å². The first-order valence-electron chi connectivity index (χ1n) is 9.32. The maximum Gasteiger partial charge on any atom is 0.152 e. The lowest BCUT2D eigenvalue weighted by molar-refractivity contribution is 0.0417. The molecule has 1 unspecified atom stereocenters. The summed E-state index contributed by atoms with van der Waals surface area (Å²) >= 11 is 0. The van der Waals surface area contributed by atoms with Gasteiger partial charge >= 0.3 is 0 Å².